The zero-order chi connectivity index (χ0) is 17.2. The van der Waals surface area contributed by atoms with Gasteiger partial charge in [0, 0.05) is 36.5 Å². The first-order chi connectivity index (χ1) is 12.2. The van der Waals surface area contributed by atoms with Crippen molar-refractivity contribution in [3.63, 3.8) is 0 Å². The highest BCUT2D eigenvalue weighted by molar-refractivity contribution is 5.94. The second-order valence-electron chi connectivity index (χ2n) is 7.10. The third-order valence-corrected chi connectivity index (χ3v) is 5.49. The minimum Gasteiger partial charge on any atom is -0.368 e. The van der Waals surface area contributed by atoms with Crippen LogP contribution in [0.4, 0.5) is 5.95 Å². The van der Waals surface area contributed by atoms with E-state index < -0.39 is 0 Å². The molecule has 0 saturated carbocycles. The van der Waals surface area contributed by atoms with Gasteiger partial charge < -0.3 is 10.6 Å². The molecule has 0 unspecified atom stereocenters. The van der Waals surface area contributed by atoms with Gasteiger partial charge in [0.25, 0.3) is 5.91 Å². The van der Waals surface area contributed by atoms with E-state index in [1.165, 1.54) is 24.0 Å². The monoisotopic (exact) mass is 336 g/mol. The van der Waals surface area contributed by atoms with E-state index in [0.29, 0.717) is 11.9 Å². The molecule has 2 aliphatic rings. The Morgan fingerprint density at radius 2 is 1.84 bits per heavy atom. The van der Waals surface area contributed by atoms with E-state index in [1.807, 2.05) is 17.0 Å². The summed E-state index contributed by atoms with van der Waals surface area (Å²) in [7, 11) is 0. The van der Waals surface area contributed by atoms with Crippen LogP contribution >= 0.6 is 0 Å². The van der Waals surface area contributed by atoms with Gasteiger partial charge in [0.15, 0.2) is 0 Å². The SMILES string of the molecule is Nc1nccc(C2CCN(C(=O)c3ccc4c(c3)CCCC4)CC2)n1. The zero-order valence-electron chi connectivity index (χ0n) is 14.4. The largest absolute Gasteiger partial charge is 0.368 e. The van der Waals surface area contributed by atoms with Crippen LogP contribution in [-0.2, 0) is 12.8 Å². The molecule has 5 nitrogen and oxygen atoms in total. The van der Waals surface area contributed by atoms with Crippen LogP contribution in [0.5, 0.6) is 0 Å². The lowest BCUT2D eigenvalue weighted by molar-refractivity contribution is 0.0712. The molecule has 4 rings (SSSR count). The predicted molar refractivity (Wildman–Crippen MR) is 97.4 cm³/mol. The molecule has 1 aliphatic heterocycles. The van der Waals surface area contributed by atoms with Gasteiger partial charge in [-0.25, -0.2) is 9.97 Å². The molecular weight excluding hydrogens is 312 g/mol. The van der Waals surface area contributed by atoms with Crippen molar-refractivity contribution in [3.8, 4) is 0 Å². The molecule has 0 bridgehead atoms. The second-order valence-corrected chi connectivity index (χ2v) is 7.10. The molecule has 2 aromatic rings. The maximum Gasteiger partial charge on any atom is 0.253 e. The van der Waals surface area contributed by atoms with Gasteiger partial charge in [0.1, 0.15) is 0 Å². The summed E-state index contributed by atoms with van der Waals surface area (Å²) in [4.78, 5) is 23.1. The molecule has 0 spiro atoms. The fourth-order valence-corrected chi connectivity index (χ4v) is 4.04. The van der Waals surface area contributed by atoms with E-state index >= 15 is 0 Å². The van der Waals surface area contributed by atoms with Crippen LogP contribution in [0.25, 0.3) is 0 Å². The summed E-state index contributed by atoms with van der Waals surface area (Å²) in [5.74, 6) is 0.844. The van der Waals surface area contributed by atoms with Crippen LogP contribution in [-0.4, -0.2) is 33.9 Å². The average molecular weight is 336 g/mol. The van der Waals surface area contributed by atoms with E-state index in [2.05, 4.69) is 22.1 Å². The number of amides is 1. The number of carbonyl (C=O) groups excluding carboxylic acids is 1. The van der Waals surface area contributed by atoms with E-state index in [9.17, 15) is 4.79 Å². The molecular formula is C20H24N4O. The smallest absolute Gasteiger partial charge is 0.253 e. The fourth-order valence-electron chi connectivity index (χ4n) is 4.04. The van der Waals surface area contributed by atoms with E-state index in [1.54, 1.807) is 6.20 Å². The number of nitrogens with zero attached hydrogens (tertiary/aromatic N) is 3. The Bertz CT molecular complexity index is 781. The molecule has 1 saturated heterocycles. The molecule has 1 fully saturated rings. The quantitative estimate of drug-likeness (QED) is 0.915. The molecule has 2 N–H and O–H groups in total. The van der Waals surface area contributed by atoms with Gasteiger partial charge in [-0.2, -0.15) is 0 Å². The van der Waals surface area contributed by atoms with E-state index in [4.69, 9.17) is 5.73 Å². The van der Waals surface area contributed by atoms with Gasteiger partial charge >= 0.3 is 0 Å². The molecule has 5 heteroatoms. The number of aryl methyl sites for hydroxylation is 2. The van der Waals surface area contributed by atoms with Crippen molar-refractivity contribution >= 4 is 11.9 Å². The second kappa shape index (κ2) is 6.82. The van der Waals surface area contributed by atoms with Crippen molar-refractivity contribution in [2.75, 3.05) is 18.8 Å². The standard InChI is InChI=1S/C20H24N4O/c21-20-22-10-7-18(23-20)15-8-11-24(12-9-15)19(25)17-6-5-14-3-1-2-4-16(14)13-17/h5-7,10,13,15H,1-4,8-9,11-12H2,(H2,21,22,23). The van der Waals surface area contributed by atoms with Crippen LogP contribution in [0, 0.1) is 0 Å². The first-order valence-corrected chi connectivity index (χ1v) is 9.20. The Labute approximate surface area is 148 Å². The van der Waals surface area contributed by atoms with Crippen LogP contribution < -0.4 is 5.73 Å². The summed E-state index contributed by atoms with van der Waals surface area (Å²) in [5.41, 5.74) is 10.3. The zero-order valence-corrected chi connectivity index (χ0v) is 14.4. The highest BCUT2D eigenvalue weighted by Gasteiger charge is 2.26. The van der Waals surface area contributed by atoms with Crippen molar-refractivity contribution in [2.45, 2.75) is 44.4 Å². The molecule has 130 valence electrons. The maximum atomic E-state index is 12.9. The van der Waals surface area contributed by atoms with Crippen molar-refractivity contribution in [1.82, 2.24) is 14.9 Å². The average Bonchev–Trinajstić information content (AvgIpc) is 2.67. The summed E-state index contributed by atoms with van der Waals surface area (Å²) < 4.78 is 0. The number of benzene rings is 1. The van der Waals surface area contributed by atoms with Crippen molar-refractivity contribution in [2.24, 2.45) is 0 Å². The molecule has 0 atom stereocenters. The number of likely N-dealkylation sites (tertiary alicyclic amines) is 1. The number of hydrogen-bond acceptors (Lipinski definition) is 4. The summed E-state index contributed by atoms with van der Waals surface area (Å²) in [5, 5.41) is 0. The minimum atomic E-state index is 0.161. The van der Waals surface area contributed by atoms with Gasteiger partial charge in [-0.1, -0.05) is 6.07 Å². The van der Waals surface area contributed by atoms with Crippen LogP contribution in [0.1, 0.15) is 58.8 Å². The lowest BCUT2D eigenvalue weighted by Gasteiger charge is -2.32. The highest BCUT2D eigenvalue weighted by Crippen LogP contribution is 2.28. The third-order valence-electron chi connectivity index (χ3n) is 5.49. The molecule has 1 aliphatic carbocycles. The first kappa shape index (κ1) is 16.1. The van der Waals surface area contributed by atoms with Gasteiger partial charge in [-0.15, -0.1) is 0 Å². The normalized spacial score (nSPS) is 18.0. The number of rotatable bonds is 2. The fraction of sp³-hybridized carbons (Fsp3) is 0.450. The number of carbonyl (C=O) groups is 1. The summed E-state index contributed by atoms with van der Waals surface area (Å²) >= 11 is 0. The number of anilines is 1. The van der Waals surface area contributed by atoms with Gasteiger partial charge in [0.2, 0.25) is 5.95 Å². The summed E-state index contributed by atoms with van der Waals surface area (Å²) in [6, 6.07) is 8.21. The Balaban J connectivity index is 1.43. The lowest BCUT2D eigenvalue weighted by atomic mass is 9.89. The first-order valence-electron chi connectivity index (χ1n) is 9.20. The Kier molecular flexibility index (Phi) is 4.38. The third kappa shape index (κ3) is 3.36. The van der Waals surface area contributed by atoms with Crippen molar-refractivity contribution in [3.05, 3.63) is 52.8 Å². The molecule has 0 radical (unpaired) electrons. The number of nitrogens with two attached hydrogens (primary N) is 1. The lowest BCUT2D eigenvalue weighted by Crippen LogP contribution is -2.38. The molecule has 1 aromatic heterocycles. The Hall–Kier alpha value is -2.43. The number of aromatic nitrogens is 2. The van der Waals surface area contributed by atoms with Crippen molar-refractivity contribution < 1.29 is 4.79 Å². The van der Waals surface area contributed by atoms with E-state index in [-0.39, 0.29) is 5.91 Å². The molecule has 25 heavy (non-hydrogen) atoms. The molecule has 2 heterocycles. The van der Waals surface area contributed by atoms with Gasteiger partial charge in [-0.3, -0.25) is 4.79 Å². The number of nitrogen functional groups attached to an aromatic ring is 1. The number of hydrogen-bond donors (Lipinski definition) is 1. The molecule has 1 amide bonds. The Morgan fingerprint density at radius 3 is 2.60 bits per heavy atom. The minimum absolute atomic E-state index is 0.161. The summed E-state index contributed by atoms with van der Waals surface area (Å²) in [6.07, 6.45) is 8.31. The highest BCUT2D eigenvalue weighted by atomic mass is 16.2. The van der Waals surface area contributed by atoms with Crippen LogP contribution in [0.3, 0.4) is 0 Å². The van der Waals surface area contributed by atoms with Crippen LogP contribution in [0.15, 0.2) is 30.5 Å². The van der Waals surface area contributed by atoms with Gasteiger partial charge in [0.05, 0.1) is 0 Å². The number of fused-ring (bicyclic) bond motifs is 1. The van der Waals surface area contributed by atoms with Gasteiger partial charge in [-0.05, 0) is 67.9 Å². The van der Waals surface area contributed by atoms with Crippen molar-refractivity contribution in [1.29, 1.82) is 0 Å². The predicted octanol–water partition coefficient (Wildman–Crippen LogP) is 2.96. The topological polar surface area (TPSA) is 72.1 Å². The maximum absolute atomic E-state index is 12.9. The number of piperidine rings is 1. The Morgan fingerprint density at radius 1 is 1.08 bits per heavy atom. The van der Waals surface area contributed by atoms with E-state index in [0.717, 1.165) is 50.0 Å². The summed E-state index contributed by atoms with van der Waals surface area (Å²) in [6.45, 7) is 1.54. The van der Waals surface area contributed by atoms with Crippen LogP contribution in [0.2, 0.25) is 0 Å². The molecule has 1 aromatic carbocycles.